The van der Waals surface area contributed by atoms with Crippen LogP contribution in [0.5, 0.6) is 11.5 Å². The largest absolute Gasteiger partial charge is 0.497 e. The Morgan fingerprint density at radius 1 is 0.917 bits per heavy atom. The lowest BCUT2D eigenvalue weighted by Gasteiger charge is -2.24. The summed E-state index contributed by atoms with van der Waals surface area (Å²) in [6.07, 6.45) is 0. The number of amides is 3. The number of carbonyl (C=O) groups is 3. The van der Waals surface area contributed by atoms with Crippen molar-refractivity contribution >= 4 is 23.4 Å². The first-order valence-electron chi connectivity index (χ1n) is 11.6. The lowest BCUT2D eigenvalue weighted by atomic mass is 9.95. The molecule has 1 aliphatic rings. The molecule has 0 saturated carbocycles. The van der Waals surface area contributed by atoms with E-state index in [9.17, 15) is 14.4 Å². The number of rotatable bonds is 7. The van der Waals surface area contributed by atoms with Gasteiger partial charge in [-0.25, -0.2) is 0 Å². The summed E-state index contributed by atoms with van der Waals surface area (Å²) in [6, 6.07) is 19.5. The van der Waals surface area contributed by atoms with Crippen molar-refractivity contribution in [1.29, 1.82) is 0 Å². The molecule has 36 heavy (non-hydrogen) atoms. The minimum Gasteiger partial charge on any atom is -0.497 e. The Balaban J connectivity index is 1.50. The van der Waals surface area contributed by atoms with Gasteiger partial charge in [-0.05, 0) is 41.8 Å². The van der Waals surface area contributed by atoms with Crippen LogP contribution in [0.4, 0.5) is 5.69 Å². The highest BCUT2D eigenvalue weighted by Crippen LogP contribution is 2.39. The van der Waals surface area contributed by atoms with E-state index in [-0.39, 0.29) is 12.5 Å². The van der Waals surface area contributed by atoms with E-state index < -0.39 is 23.8 Å². The Labute approximate surface area is 210 Å². The second-order valence-corrected chi connectivity index (χ2v) is 8.60. The average Bonchev–Trinajstić information content (AvgIpc) is 3.00. The van der Waals surface area contributed by atoms with Crippen LogP contribution < -0.4 is 25.0 Å². The number of anilines is 1. The van der Waals surface area contributed by atoms with Gasteiger partial charge in [-0.15, -0.1) is 0 Å². The van der Waals surface area contributed by atoms with Gasteiger partial charge in [0.2, 0.25) is 11.8 Å². The molecule has 3 aromatic rings. The number of hydrogen-bond acceptors (Lipinski definition) is 5. The van der Waals surface area contributed by atoms with Crippen molar-refractivity contribution < 1.29 is 23.9 Å². The van der Waals surface area contributed by atoms with Crippen LogP contribution in [0.25, 0.3) is 11.1 Å². The van der Waals surface area contributed by atoms with E-state index in [1.165, 1.54) is 6.92 Å². The molecule has 4 rings (SSSR count). The first kappa shape index (κ1) is 24.8. The van der Waals surface area contributed by atoms with Crippen molar-refractivity contribution in [2.45, 2.75) is 19.5 Å². The molecule has 2 N–H and O–H groups in total. The molecule has 3 aromatic carbocycles. The summed E-state index contributed by atoms with van der Waals surface area (Å²) in [7, 11) is 4.78. The molecule has 0 spiro atoms. The quantitative estimate of drug-likeness (QED) is 0.498. The van der Waals surface area contributed by atoms with Crippen molar-refractivity contribution in [3.8, 4) is 22.6 Å². The molecule has 3 amide bonds. The summed E-state index contributed by atoms with van der Waals surface area (Å²) >= 11 is 0. The van der Waals surface area contributed by atoms with Crippen LogP contribution in [0.15, 0.2) is 66.7 Å². The molecular formula is C28H29N3O5. The monoisotopic (exact) mass is 487 g/mol. The number of nitrogens with zero attached hydrogens (tertiary/aromatic N) is 1. The molecule has 1 heterocycles. The van der Waals surface area contributed by atoms with Gasteiger partial charge >= 0.3 is 0 Å². The molecule has 0 radical (unpaired) electrons. The van der Waals surface area contributed by atoms with Crippen LogP contribution in [0.1, 0.15) is 24.1 Å². The zero-order valence-corrected chi connectivity index (χ0v) is 20.7. The number of carbonyl (C=O) groups excluding carboxylic acids is 3. The molecular weight excluding hydrogens is 458 g/mol. The summed E-state index contributed by atoms with van der Waals surface area (Å²) in [4.78, 5) is 40.9. The number of benzene rings is 3. The van der Waals surface area contributed by atoms with E-state index in [1.54, 1.807) is 44.4 Å². The maximum atomic E-state index is 13.4. The average molecular weight is 488 g/mol. The third-order valence-corrected chi connectivity index (χ3v) is 6.36. The standard InChI is InChI=1S/C28H29N3O5/c1-17(26(32)29-16-18-13-19(35-3)15-20(14-18)36-4)27(33)30-25-23-11-6-5-9-21(23)22-10-7-8-12-24(22)31(2)28(25)34/h5-15,17,25H,16H2,1-4H3,(H,29,32)(H,30,33)/t17-,25+/m1/s1. The molecule has 0 unspecified atom stereocenters. The van der Waals surface area contributed by atoms with Crippen molar-refractivity contribution in [3.63, 3.8) is 0 Å². The van der Waals surface area contributed by atoms with Gasteiger partial charge < -0.3 is 25.0 Å². The van der Waals surface area contributed by atoms with Gasteiger partial charge in [0.25, 0.3) is 5.91 Å². The zero-order valence-electron chi connectivity index (χ0n) is 20.7. The normalized spacial score (nSPS) is 15.2. The van der Waals surface area contributed by atoms with Gasteiger partial charge in [-0.2, -0.15) is 0 Å². The molecule has 0 bridgehead atoms. The fourth-order valence-corrected chi connectivity index (χ4v) is 4.27. The Kier molecular flexibility index (Phi) is 7.24. The molecule has 0 aliphatic carbocycles. The van der Waals surface area contributed by atoms with Crippen molar-refractivity contribution in [2.75, 3.05) is 26.2 Å². The molecule has 1 aliphatic heterocycles. The van der Waals surface area contributed by atoms with Crippen LogP contribution in [0.2, 0.25) is 0 Å². The van der Waals surface area contributed by atoms with Crippen LogP contribution in [0.3, 0.4) is 0 Å². The fraction of sp³-hybridized carbons (Fsp3) is 0.250. The van der Waals surface area contributed by atoms with Crippen LogP contribution >= 0.6 is 0 Å². The summed E-state index contributed by atoms with van der Waals surface area (Å²) in [5.74, 6) is -1.10. The van der Waals surface area contributed by atoms with Crippen LogP contribution in [-0.4, -0.2) is 39.0 Å². The van der Waals surface area contributed by atoms with Crippen molar-refractivity contribution in [3.05, 3.63) is 77.9 Å². The molecule has 186 valence electrons. The predicted octanol–water partition coefficient (Wildman–Crippen LogP) is 3.46. The second kappa shape index (κ2) is 10.5. The van der Waals surface area contributed by atoms with E-state index in [0.717, 1.165) is 22.4 Å². The number of methoxy groups -OCH3 is 2. The Bertz CT molecular complexity index is 1280. The number of likely N-dealkylation sites (N-methyl/N-ethyl adjacent to an activating group) is 1. The Hall–Kier alpha value is -4.33. The maximum Gasteiger partial charge on any atom is 0.253 e. The number of para-hydroxylation sites is 1. The summed E-state index contributed by atoms with van der Waals surface area (Å²) in [5, 5.41) is 5.59. The molecule has 2 atom stereocenters. The van der Waals surface area contributed by atoms with Gasteiger partial charge in [0.15, 0.2) is 0 Å². The van der Waals surface area contributed by atoms with E-state index in [0.29, 0.717) is 17.1 Å². The maximum absolute atomic E-state index is 13.4. The minimum absolute atomic E-state index is 0.188. The highest BCUT2D eigenvalue weighted by molar-refractivity contribution is 6.07. The van der Waals surface area contributed by atoms with Gasteiger partial charge in [-0.1, -0.05) is 42.5 Å². The highest BCUT2D eigenvalue weighted by Gasteiger charge is 2.35. The van der Waals surface area contributed by atoms with Gasteiger partial charge in [0, 0.05) is 25.2 Å². The Morgan fingerprint density at radius 2 is 1.53 bits per heavy atom. The number of fused-ring (bicyclic) bond motifs is 3. The zero-order chi connectivity index (χ0) is 25.8. The SMILES string of the molecule is COc1cc(CNC(=O)[C@@H](C)C(=O)N[C@@H]2C(=O)N(C)c3ccccc3-c3ccccc32)cc(OC)c1. The van der Waals surface area contributed by atoms with Gasteiger partial charge in [0.1, 0.15) is 23.5 Å². The van der Waals surface area contributed by atoms with Crippen molar-refractivity contribution in [2.24, 2.45) is 5.92 Å². The fourth-order valence-electron chi connectivity index (χ4n) is 4.27. The third kappa shape index (κ3) is 4.88. The van der Waals surface area contributed by atoms with Crippen LogP contribution in [-0.2, 0) is 20.9 Å². The summed E-state index contributed by atoms with van der Waals surface area (Å²) in [5.41, 5.74) is 3.97. The topological polar surface area (TPSA) is 97.0 Å². The highest BCUT2D eigenvalue weighted by atomic mass is 16.5. The predicted molar refractivity (Wildman–Crippen MR) is 137 cm³/mol. The smallest absolute Gasteiger partial charge is 0.253 e. The minimum atomic E-state index is -1.02. The van der Waals surface area contributed by atoms with Gasteiger partial charge in [0.05, 0.1) is 19.9 Å². The molecule has 0 saturated heterocycles. The molecule has 8 nitrogen and oxygen atoms in total. The number of hydrogen-bond donors (Lipinski definition) is 2. The third-order valence-electron chi connectivity index (χ3n) is 6.36. The molecule has 0 fully saturated rings. The first-order chi connectivity index (χ1) is 17.3. The molecule has 8 heteroatoms. The Morgan fingerprint density at radius 3 is 2.19 bits per heavy atom. The molecule has 0 aromatic heterocycles. The second-order valence-electron chi connectivity index (χ2n) is 8.60. The summed E-state index contributed by atoms with van der Waals surface area (Å²) < 4.78 is 10.5. The van der Waals surface area contributed by atoms with Crippen molar-refractivity contribution in [1.82, 2.24) is 10.6 Å². The van der Waals surface area contributed by atoms with Crippen LogP contribution in [0, 0.1) is 5.92 Å². The lowest BCUT2D eigenvalue weighted by molar-refractivity contribution is -0.136. The number of nitrogens with one attached hydrogen (secondary N) is 2. The van der Waals surface area contributed by atoms with E-state index in [1.807, 2.05) is 48.5 Å². The van der Waals surface area contributed by atoms with E-state index >= 15 is 0 Å². The first-order valence-corrected chi connectivity index (χ1v) is 11.6. The number of ether oxygens (including phenoxy) is 2. The van der Waals surface area contributed by atoms with E-state index in [4.69, 9.17) is 9.47 Å². The summed E-state index contributed by atoms with van der Waals surface area (Å²) in [6.45, 7) is 1.70. The van der Waals surface area contributed by atoms with Gasteiger partial charge in [-0.3, -0.25) is 14.4 Å². The van der Waals surface area contributed by atoms with E-state index in [2.05, 4.69) is 10.6 Å². The lowest BCUT2D eigenvalue weighted by Crippen LogP contribution is -2.45.